The first kappa shape index (κ1) is 21.6. The van der Waals surface area contributed by atoms with Gasteiger partial charge in [-0.05, 0) is 36.8 Å². The van der Waals surface area contributed by atoms with E-state index in [1.165, 1.54) is 18.9 Å². The molecule has 0 aliphatic carbocycles. The standard InChI is InChI=1S/C22H20BrN5O4/c1-12-17(20(29)25-15-9-4-5-10-16(15)31-2)18(13-7-6-8-14(23)11-13)28-22(24-12)26-19(27-28)21(30)32-3/h4-11,18H,1-3H3,(H,25,29)(H,24,26,27)/t18-/m1/s1. The first-order valence-electron chi connectivity index (χ1n) is 9.65. The summed E-state index contributed by atoms with van der Waals surface area (Å²) in [4.78, 5) is 29.8. The number of benzene rings is 2. The van der Waals surface area contributed by atoms with E-state index in [0.29, 0.717) is 28.7 Å². The fourth-order valence-electron chi connectivity index (χ4n) is 3.55. The number of hydrogen-bond donors (Lipinski definition) is 2. The van der Waals surface area contributed by atoms with Crippen LogP contribution in [-0.2, 0) is 9.53 Å². The number of methoxy groups -OCH3 is 2. The SMILES string of the molecule is COC(=O)c1nc2n(n1)[C@H](c1cccc(Br)c1)C(C(=O)Nc1ccccc1OC)=C(C)N2. The Morgan fingerprint density at radius 2 is 1.94 bits per heavy atom. The molecule has 0 spiro atoms. The Morgan fingerprint density at radius 3 is 2.66 bits per heavy atom. The Balaban J connectivity index is 1.81. The summed E-state index contributed by atoms with van der Waals surface area (Å²) in [6.45, 7) is 1.78. The maximum absolute atomic E-state index is 13.5. The van der Waals surface area contributed by atoms with Crippen molar-refractivity contribution in [2.45, 2.75) is 13.0 Å². The number of halogens is 1. The average molecular weight is 498 g/mol. The van der Waals surface area contributed by atoms with Crippen LogP contribution in [0.2, 0.25) is 0 Å². The van der Waals surface area contributed by atoms with Gasteiger partial charge in [0.2, 0.25) is 5.95 Å². The fourth-order valence-corrected chi connectivity index (χ4v) is 3.96. The van der Waals surface area contributed by atoms with E-state index in [-0.39, 0.29) is 11.7 Å². The molecule has 0 bridgehead atoms. The van der Waals surface area contributed by atoms with Crippen molar-refractivity contribution in [1.29, 1.82) is 0 Å². The van der Waals surface area contributed by atoms with Gasteiger partial charge in [-0.3, -0.25) is 4.79 Å². The first-order valence-corrected chi connectivity index (χ1v) is 10.4. The number of carbonyl (C=O) groups excluding carboxylic acids is 2. The zero-order chi connectivity index (χ0) is 22.8. The molecule has 2 aromatic carbocycles. The summed E-state index contributed by atoms with van der Waals surface area (Å²) in [5, 5.41) is 10.3. The molecule has 0 radical (unpaired) electrons. The van der Waals surface area contributed by atoms with Gasteiger partial charge >= 0.3 is 5.97 Å². The monoisotopic (exact) mass is 497 g/mol. The number of hydrogen-bond acceptors (Lipinski definition) is 7. The lowest BCUT2D eigenvalue weighted by Gasteiger charge is -2.29. The number of fused-ring (bicyclic) bond motifs is 1. The largest absolute Gasteiger partial charge is 0.495 e. The number of aromatic nitrogens is 3. The molecular formula is C22H20BrN5O4. The molecule has 1 amide bonds. The third-order valence-corrected chi connectivity index (χ3v) is 5.48. The summed E-state index contributed by atoms with van der Waals surface area (Å²) in [6.07, 6.45) is 0. The highest BCUT2D eigenvalue weighted by molar-refractivity contribution is 9.10. The van der Waals surface area contributed by atoms with E-state index >= 15 is 0 Å². The minimum atomic E-state index is -0.667. The van der Waals surface area contributed by atoms with Crippen molar-refractivity contribution in [3.8, 4) is 5.75 Å². The quantitative estimate of drug-likeness (QED) is 0.516. The van der Waals surface area contributed by atoms with Crippen molar-refractivity contribution in [1.82, 2.24) is 14.8 Å². The number of carbonyl (C=O) groups is 2. The van der Waals surface area contributed by atoms with Crippen LogP contribution >= 0.6 is 15.9 Å². The molecule has 9 nitrogen and oxygen atoms in total. The van der Waals surface area contributed by atoms with E-state index in [0.717, 1.165) is 10.0 Å². The Hall–Kier alpha value is -3.66. The maximum atomic E-state index is 13.5. The molecule has 1 atom stereocenters. The summed E-state index contributed by atoms with van der Waals surface area (Å²) in [5.41, 5.74) is 2.32. The van der Waals surface area contributed by atoms with Crippen molar-refractivity contribution >= 4 is 39.4 Å². The minimum Gasteiger partial charge on any atom is -0.495 e. The molecule has 10 heteroatoms. The number of amides is 1. The predicted octanol–water partition coefficient (Wildman–Crippen LogP) is 3.76. The van der Waals surface area contributed by atoms with E-state index in [1.807, 2.05) is 36.4 Å². The predicted molar refractivity (Wildman–Crippen MR) is 122 cm³/mol. The Labute approximate surface area is 192 Å². The van der Waals surface area contributed by atoms with Gasteiger partial charge in [-0.15, -0.1) is 5.10 Å². The Morgan fingerprint density at radius 1 is 1.16 bits per heavy atom. The number of ether oxygens (including phenoxy) is 2. The van der Waals surface area contributed by atoms with Crippen LogP contribution in [0.1, 0.15) is 29.1 Å². The van der Waals surface area contributed by atoms with Gasteiger partial charge in [-0.1, -0.05) is 40.2 Å². The van der Waals surface area contributed by atoms with Gasteiger partial charge < -0.3 is 20.1 Å². The second-order valence-electron chi connectivity index (χ2n) is 6.97. The highest BCUT2D eigenvalue weighted by Gasteiger charge is 2.35. The third-order valence-electron chi connectivity index (χ3n) is 4.98. The van der Waals surface area contributed by atoms with Gasteiger partial charge in [0, 0.05) is 10.2 Å². The molecule has 0 saturated carbocycles. The van der Waals surface area contributed by atoms with Crippen LogP contribution < -0.4 is 15.4 Å². The van der Waals surface area contributed by atoms with Crippen LogP contribution in [0.25, 0.3) is 0 Å². The zero-order valence-electron chi connectivity index (χ0n) is 17.5. The Bertz CT molecular complexity index is 1240. The smallest absolute Gasteiger partial charge is 0.378 e. The van der Waals surface area contributed by atoms with Crippen LogP contribution in [0.15, 0.2) is 64.3 Å². The lowest BCUT2D eigenvalue weighted by molar-refractivity contribution is -0.113. The van der Waals surface area contributed by atoms with Crippen molar-refractivity contribution < 1.29 is 19.1 Å². The number of nitrogens with zero attached hydrogens (tertiary/aromatic N) is 3. The third kappa shape index (κ3) is 3.96. The van der Waals surface area contributed by atoms with Crippen molar-refractivity contribution in [2.24, 2.45) is 0 Å². The number of allylic oxidation sites excluding steroid dienone is 1. The van der Waals surface area contributed by atoms with Gasteiger partial charge in [-0.2, -0.15) is 4.98 Å². The van der Waals surface area contributed by atoms with E-state index in [2.05, 4.69) is 36.6 Å². The Kier molecular flexibility index (Phi) is 5.95. The van der Waals surface area contributed by atoms with Crippen LogP contribution in [0.5, 0.6) is 5.75 Å². The highest BCUT2D eigenvalue weighted by Crippen LogP contribution is 2.37. The van der Waals surface area contributed by atoms with E-state index in [4.69, 9.17) is 9.47 Å². The van der Waals surface area contributed by atoms with Crippen LogP contribution in [0.3, 0.4) is 0 Å². The molecular weight excluding hydrogens is 478 g/mol. The zero-order valence-corrected chi connectivity index (χ0v) is 19.1. The molecule has 4 rings (SSSR count). The lowest BCUT2D eigenvalue weighted by atomic mass is 9.95. The van der Waals surface area contributed by atoms with Crippen LogP contribution in [0, 0.1) is 0 Å². The van der Waals surface area contributed by atoms with Gasteiger partial charge in [0.1, 0.15) is 11.8 Å². The van der Waals surface area contributed by atoms with Crippen LogP contribution in [-0.4, -0.2) is 40.9 Å². The summed E-state index contributed by atoms with van der Waals surface area (Å²) < 4.78 is 12.5. The topological polar surface area (TPSA) is 107 Å². The molecule has 164 valence electrons. The molecule has 2 N–H and O–H groups in total. The maximum Gasteiger partial charge on any atom is 0.378 e. The number of esters is 1. The number of nitrogens with one attached hydrogen (secondary N) is 2. The second-order valence-corrected chi connectivity index (χ2v) is 7.89. The summed E-state index contributed by atoms with van der Waals surface area (Å²) in [6, 6.07) is 14.0. The highest BCUT2D eigenvalue weighted by atomic mass is 79.9. The molecule has 0 unspecified atom stereocenters. The number of para-hydroxylation sites is 2. The van der Waals surface area contributed by atoms with Gasteiger partial charge in [0.15, 0.2) is 0 Å². The van der Waals surface area contributed by atoms with Gasteiger partial charge in [-0.25, -0.2) is 9.48 Å². The van der Waals surface area contributed by atoms with Crippen molar-refractivity contribution in [3.63, 3.8) is 0 Å². The van der Waals surface area contributed by atoms with E-state index < -0.39 is 12.0 Å². The van der Waals surface area contributed by atoms with E-state index in [9.17, 15) is 9.59 Å². The number of rotatable bonds is 5. The van der Waals surface area contributed by atoms with Gasteiger partial charge in [0.25, 0.3) is 11.7 Å². The summed E-state index contributed by atoms with van der Waals surface area (Å²) in [7, 11) is 2.80. The normalized spacial score (nSPS) is 14.9. The van der Waals surface area contributed by atoms with Gasteiger partial charge in [0.05, 0.1) is 25.5 Å². The molecule has 1 aliphatic heterocycles. The molecule has 32 heavy (non-hydrogen) atoms. The lowest BCUT2D eigenvalue weighted by Crippen LogP contribution is -2.31. The molecule has 0 saturated heterocycles. The molecule has 2 heterocycles. The van der Waals surface area contributed by atoms with Crippen LogP contribution in [0.4, 0.5) is 11.6 Å². The first-order chi connectivity index (χ1) is 15.4. The summed E-state index contributed by atoms with van der Waals surface area (Å²) in [5.74, 6) is -0.239. The van der Waals surface area contributed by atoms with Crippen molar-refractivity contribution in [3.05, 3.63) is 75.7 Å². The number of anilines is 2. The molecule has 1 aliphatic rings. The molecule has 1 aromatic heterocycles. The molecule has 3 aromatic rings. The molecule has 0 fully saturated rings. The van der Waals surface area contributed by atoms with Crippen molar-refractivity contribution in [2.75, 3.05) is 24.9 Å². The fraction of sp³-hybridized carbons (Fsp3) is 0.182. The minimum absolute atomic E-state index is 0.103. The summed E-state index contributed by atoms with van der Waals surface area (Å²) >= 11 is 3.48. The average Bonchev–Trinajstić information content (AvgIpc) is 3.21. The van der Waals surface area contributed by atoms with E-state index in [1.54, 1.807) is 19.1 Å². The second kappa shape index (κ2) is 8.83.